The van der Waals surface area contributed by atoms with Crippen molar-refractivity contribution in [1.29, 1.82) is 0 Å². The third-order valence-electron chi connectivity index (χ3n) is 4.34. The number of ether oxygens (including phenoxy) is 3. The number of carbonyl (C=O) groups is 1. The largest absolute Gasteiger partial charge is 0.489 e. The van der Waals surface area contributed by atoms with E-state index in [0.29, 0.717) is 30.3 Å². The van der Waals surface area contributed by atoms with Crippen molar-refractivity contribution in [2.45, 2.75) is 33.2 Å². The Morgan fingerprint density at radius 1 is 1.07 bits per heavy atom. The monoisotopic (exact) mass is 408 g/mol. The highest BCUT2D eigenvalue weighted by Crippen LogP contribution is 2.28. The van der Waals surface area contributed by atoms with Crippen molar-refractivity contribution >= 4 is 11.6 Å². The van der Waals surface area contributed by atoms with Gasteiger partial charge in [-0.25, -0.2) is 0 Å². The Kier molecular flexibility index (Phi) is 6.79. The fourth-order valence-corrected chi connectivity index (χ4v) is 3.03. The number of nitrogens with zero attached hydrogens (tertiary/aromatic N) is 1. The predicted molar refractivity (Wildman–Crippen MR) is 117 cm³/mol. The van der Waals surface area contributed by atoms with Gasteiger partial charge in [0.2, 0.25) is 5.79 Å². The van der Waals surface area contributed by atoms with Crippen LogP contribution < -0.4 is 14.8 Å². The van der Waals surface area contributed by atoms with E-state index in [4.69, 9.17) is 14.2 Å². The van der Waals surface area contributed by atoms with Crippen molar-refractivity contribution < 1.29 is 19.0 Å². The van der Waals surface area contributed by atoms with Crippen LogP contribution in [0.1, 0.15) is 36.7 Å². The van der Waals surface area contributed by atoms with Crippen LogP contribution in [0.15, 0.2) is 67.0 Å². The molecule has 0 bridgehead atoms. The number of hydrogen-bond donors (Lipinski definition) is 1. The standard InChI is InChI=1S/C24H28N2O4/c1-5-29-24(2,3)30-22-14-19(23(27)25-20-11-12-26(4)16-20)13-21(15-22)28-17-18-9-7-6-8-10-18/h6-16H,5,17H2,1-4H3,(H,25,27). The van der Waals surface area contributed by atoms with Gasteiger partial charge in [-0.1, -0.05) is 30.3 Å². The molecule has 0 aliphatic carbocycles. The first-order chi connectivity index (χ1) is 14.3. The molecule has 0 aliphatic rings. The molecule has 6 nitrogen and oxygen atoms in total. The molecular weight excluding hydrogens is 380 g/mol. The summed E-state index contributed by atoms with van der Waals surface area (Å²) < 4.78 is 19.4. The maximum absolute atomic E-state index is 12.8. The number of carbonyl (C=O) groups excluding carboxylic acids is 1. The fourth-order valence-electron chi connectivity index (χ4n) is 3.03. The van der Waals surface area contributed by atoms with Gasteiger partial charge in [-0.3, -0.25) is 4.79 Å². The molecule has 1 heterocycles. The van der Waals surface area contributed by atoms with Crippen LogP contribution in [0, 0.1) is 0 Å². The quantitative estimate of drug-likeness (QED) is 0.506. The predicted octanol–water partition coefficient (Wildman–Crippen LogP) is 5.01. The van der Waals surface area contributed by atoms with E-state index >= 15 is 0 Å². The molecule has 2 aromatic carbocycles. The van der Waals surface area contributed by atoms with E-state index in [0.717, 1.165) is 11.3 Å². The average Bonchev–Trinajstić information content (AvgIpc) is 3.11. The van der Waals surface area contributed by atoms with Gasteiger partial charge in [-0.15, -0.1) is 0 Å². The molecule has 0 aliphatic heterocycles. The number of benzene rings is 2. The summed E-state index contributed by atoms with van der Waals surface area (Å²) in [5, 5.41) is 2.89. The van der Waals surface area contributed by atoms with Gasteiger partial charge in [0.1, 0.15) is 18.1 Å². The molecular formula is C24H28N2O4. The molecule has 0 unspecified atom stereocenters. The van der Waals surface area contributed by atoms with E-state index in [-0.39, 0.29) is 5.91 Å². The van der Waals surface area contributed by atoms with Gasteiger partial charge in [0.05, 0.1) is 5.69 Å². The van der Waals surface area contributed by atoms with Crippen molar-refractivity contribution in [3.8, 4) is 11.5 Å². The smallest absolute Gasteiger partial charge is 0.255 e. The lowest BCUT2D eigenvalue weighted by Gasteiger charge is -2.26. The van der Waals surface area contributed by atoms with Crippen molar-refractivity contribution in [3.63, 3.8) is 0 Å². The molecule has 0 atom stereocenters. The van der Waals surface area contributed by atoms with E-state index in [9.17, 15) is 4.79 Å². The number of hydrogen-bond acceptors (Lipinski definition) is 4. The van der Waals surface area contributed by atoms with E-state index in [1.165, 1.54) is 0 Å². The number of aromatic nitrogens is 1. The zero-order valence-corrected chi connectivity index (χ0v) is 17.8. The Bertz CT molecular complexity index is 980. The van der Waals surface area contributed by atoms with Crippen molar-refractivity contribution in [3.05, 3.63) is 78.1 Å². The summed E-state index contributed by atoms with van der Waals surface area (Å²) >= 11 is 0. The van der Waals surface area contributed by atoms with Gasteiger partial charge in [0, 0.05) is 51.5 Å². The van der Waals surface area contributed by atoms with Crippen LogP contribution in [0.2, 0.25) is 0 Å². The molecule has 1 N–H and O–H groups in total. The molecule has 0 saturated carbocycles. The summed E-state index contributed by atoms with van der Waals surface area (Å²) in [5.74, 6) is -0.0375. The molecule has 30 heavy (non-hydrogen) atoms. The van der Waals surface area contributed by atoms with E-state index in [2.05, 4.69) is 5.32 Å². The van der Waals surface area contributed by atoms with Gasteiger partial charge in [-0.2, -0.15) is 0 Å². The molecule has 0 radical (unpaired) electrons. The van der Waals surface area contributed by atoms with E-state index in [1.54, 1.807) is 18.2 Å². The Hall–Kier alpha value is -3.25. The zero-order chi connectivity index (χ0) is 21.6. The molecule has 0 saturated heterocycles. The Labute approximate surface area is 177 Å². The van der Waals surface area contributed by atoms with Gasteiger partial charge in [0.25, 0.3) is 5.91 Å². The lowest BCUT2D eigenvalue weighted by atomic mass is 10.1. The van der Waals surface area contributed by atoms with E-state index in [1.807, 2.05) is 81.2 Å². The Morgan fingerprint density at radius 3 is 2.47 bits per heavy atom. The summed E-state index contributed by atoms with van der Waals surface area (Å²) in [6.07, 6.45) is 3.71. The summed E-state index contributed by atoms with van der Waals surface area (Å²) in [6.45, 7) is 6.47. The van der Waals surface area contributed by atoms with E-state index < -0.39 is 5.79 Å². The maximum atomic E-state index is 12.8. The first-order valence-corrected chi connectivity index (χ1v) is 9.93. The molecule has 6 heteroatoms. The highest BCUT2D eigenvalue weighted by molar-refractivity contribution is 6.04. The SMILES string of the molecule is CCOC(C)(C)Oc1cc(OCc2ccccc2)cc(C(=O)Nc2ccn(C)c2)c1. The third-order valence-corrected chi connectivity index (χ3v) is 4.34. The lowest BCUT2D eigenvalue weighted by Crippen LogP contribution is -2.31. The molecule has 158 valence electrons. The molecule has 0 spiro atoms. The summed E-state index contributed by atoms with van der Waals surface area (Å²) in [6, 6.07) is 16.9. The summed E-state index contributed by atoms with van der Waals surface area (Å²) in [7, 11) is 1.90. The Balaban J connectivity index is 1.83. The number of amides is 1. The second kappa shape index (κ2) is 9.50. The van der Waals surface area contributed by atoms with Gasteiger partial charge in [-0.05, 0) is 30.7 Å². The average molecular weight is 408 g/mol. The van der Waals surface area contributed by atoms with Gasteiger partial charge >= 0.3 is 0 Å². The molecule has 3 aromatic rings. The second-order valence-electron chi connectivity index (χ2n) is 7.42. The minimum atomic E-state index is -0.833. The minimum absolute atomic E-state index is 0.245. The molecule has 0 fully saturated rings. The fraction of sp³-hybridized carbons (Fsp3) is 0.292. The van der Waals surface area contributed by atoms with Crippen LogP contribution in [-0.4, -0.2) is 22.9 Å². The van der Waals surface area contributed by atoms with Crippen molar-refractivity contribution in [2.75, 3.05) is 11.9 Å². The highest BCUT2D eigenvalue weighted by Gasteiger charge is 2.21. The number of rotatable bonds is 9. The molecule has 1 amide bonds. The minimum Gasteiger partial charge on any atom is -0.489 e. The second-order valence-corrected chi connectivity index (χ2v) is 7.42. The van der Waals surface area contributed by atoms with Crippen LogP contribution >= 0.6 is 0 Å². The van der Waals surface area contributed by atoms with Crippen molar-refractivity contribution in [1.82, 2.24) is 4.57 Å². The van der Waals surface area contributed by atoms with Gasteiger partial charge in [0.15, 0.2) is 0 Å². The normalized spacial score (nSPS) is 11.2. The first kappa shape index (κ1) is 21.5. The third kappa shape index (κ3) is 6.12. The number of aryl methyl sites for hydroxylation is 1. The highest BCUT2D eigenvalue weighted by atomic mass is 16.7. The van der Waals surface area contributed by atoms with Crippen LogP contribution in [0.25, 0.3) is 0 Å². The number of nitrogens with one attached hydrogen (secondary N) is 1. The molecule has 3 rings (SSSR count). The number of anilines is 1. The summed E-state index contributed by atoms with van der Waals surface area (Å²) in [4.78, 5) is 12.8. The van der Waals surface area contributed by atoms with Crippen LogP contribution in [0.5, 0.6) is 11.5 Å². The molecule has 1 aromatic heterocycles. The maximum Gasteiger partial charge on any atom is 0.255 e. The van der Waals surface area contributed by atoms with Gasteiger partial charge < -0.3 is 24.1 Å². The topological polar surface area (TPSA) is 61.7 Å². The van der Waals surface area contributed by atoms with Crippen LogP contribution in [-0.2, 0) is 18.4 Å². The van der Waals surface area contributed by atoms with Crippen molar-refractivity contribution in [2.24, 2.45) is 7.05 Å². The zero-order valence-electron chi connectivity index (χ0n) is 17.8. The summed E-state index contributed by atoms with van der Waals surface area (Å²) in [5.41, 5.74) is 2.19. The van der Waals surface area contributed by atoms with Crippen LogP contribution in [0.4, 0.5) is 5.69 Å². The van der Waals surface area contributed by atoms with Crippen LogP contribution in [0.3, 0.4) is 0 Å². The first-order valence-electron chi connectivity index (χ1n) is 9.93. The Morgan fingerprint density at radius 2 is 1.80 bits per heavy atom. The lowest BCUT2D eigenvalue weighted by molar-refractivity contribution is -0.152.